The third-order valence-corrected chi connectivity index (χ3v) is 7.73. The Morgan fingerprint density at radius 2 is 1.26 bits per heavy atom. The zero-order valence-electron chi connectivity index (χ0n) is 18.8. The number of anilines is 1. The molecule has 0 bridgehead atoms. The molecule has 0 atom stereocenters. The number of benzene rings is 3. The third-order valence-electron chi connectivity index (χ3n) is 5.81. The van der Waals surface area contributed by atoms with Crippen molar-refractivity contribution in [2.75, 3.05) is 31.5 Å². The zero-order valence-corrected chi connectivity index (χ0v) is 19.6. The second kappa shape index (κ2) is 10.6. The van der Waals surface area contributed by atoms with Crippen LogP contribution in [0.3, 0.4) is 0 Å². The lowest BCUT2D eigenvalue weighted by Crippen LogP contribution is -2.50. The molecule has 1 saturated heterocycles. The fourth-order valence-corrected chi connectivity index (χ4v) is 5.34. The summed E-state index contributed by atoms with van der Waals surface area (Å²) in [5.74, 6) is -0.377. The van der Waals surface area contributed by atoms with Crippen LogP contribution < -0.4 is 5.32 Å². The Bertz CT molecular complexity index is 1220. The van der Waals surface area contributed by atoms with E-state index >= 15 is 0 Å². The van der Waals surface area contributed by atoms with Gasteiger partial charge in [-0.1, -0.05) is 60.7 Å². The molecule has 1 aliphatic heterocycles. The molecule has 3 aromatic rings. The van der Waals surface area contributed by atoms with E-state index in [0.29, 0.717) is 18.8 Å². The minimum atomic E-state index is -3.56. The Hall–Kier alpha value is -3.49. The van der Waals surface area contributed by atoms with Crippen molar-refractivity contribution in [3.8, 4) is 11.1 Å². The van der Waals surface area contributed by atoms with E-state index in [1.807, 2.05) is 54.6 Å². The molecule has 8 heteroatoms. The molecular weight excluding hydrogens is 450 g/mol. The maximum absolute atomic E-state index is 12.7. The van der Waals surface area contributed by atoms with Gasteiger partial charge in [0.15, 0.2) is 0 Å². The molecule has 1 heterocycles. The normalized spacial score (nSPS) is 14.5. The van der Waals surface area contributed by atoms with E-state index in [9.17, 15) is 18.0 Å². The predicted octanol–water partition coefficient (Wildman–Crippen LogP) is 3.61. The van der Waals surface area contributed by atoms with E-state index in [2.05, 4.69) is 5.32 Å². The van der Waals surface area contributed by atoms with E-state index < -0.39 is 10.0 Å². The fraction of sp³-hybridized carbons (Fsp3) is 0.231. The van der Waals surface area contributed by atoms with Crippen LogP contribution in [0, 0.1) is 0 Å². The first-order valence-corrected chi connectivity index (χ1v) is 12.7. The van der Waals surface area contributed by atoms with Gasteiger partial charge in [0.05, 0.1) is 4.90 Å². The third kappa shape index (κ3) is 5.70. The van der Waals surface area contributed by atoms with Crippen molar-refractivity contribution in [1.29, 1.82) is 0 Å². The van der Waals surface area contributed by atoms with Crippen molar-refractivity contribution in [2.24, 2.45) is 0 Å². The largest absolute Gasteiger partial charge is 0.340 e. The van der Waals surface area contributed by atoms with Crippen LogP contribution >= 0.6 is 0 Å². The lowest BCUT2D eigenvalue weighted by atomic mass is 10.1. The molecular formula is C26H27N3O4S. The second-order valence-corrected chi connectivity index (χ2v) is 10.0. The van der Waals surface area contributed by atoms with Crippen molar-refractivity contribution in [3.05, 3.63) is 84.9 Å². The molecule has 0 unspecified atom stereocenters. The maximum Gasteiger partial charge on any atom is 0.243 e. The smallest absolute Gasteiger partial charge is 0.243 e. The van der Waals surface area contributed by atoms with Crippen LogP contribution in [0.15, 0.2) is 89.8 Å². The number of hydrogen-bond donors (Lipinski definition) is 1. The van der Waals surface area contributed by atoms with Gasteiger partial charge < -0.3 is 10.2 Å². The molecule has 0 aromatic heterocycles. The van der Waals surface area contributed by atoms with Crippen LogP contribution in [0.25, 0.3) is 11.1 Å². The number of rotatable bonds is 7. The molecule has 1 aliphatic rings. The van der Waals surface area contributed by atoms with E-state index in [1.165, 1.54) is 4.31 Å². The number of sulfonamides is 1. The van der Waals surface area contributed by atoms with Crippen LogP contribution in [0.1, 0.15) is 12.8 Å². The van der Waals surface area contributed by atoms with E-state index in [-0.39, 0.29) is 42.6 Å². The van der Waals surface area contributed by atoms with Gasteiger partial charge in [0.2, 0.25) is 21.8 Å². The molecule has 4 rings (SSSR count). The number of piperazine rings is 1. The van der Waals surface area contributed by atoms with Crippen molar-refractivity contribution in [2.45, 2.75) is 17.7 Å². The molecule has 0 saturated carbocycles. The van der Waals surface area contributed by atoms with Gasteiger partial charge in [-0.05, 0) is 35.4 Å². The van der Waals surface area contributed by atoms with Crippen LogP contribution in [0.4, 0.5) is 5.69 Å². The van der Waals surface area contributed by atoms with Gasteiger partial charge in [-0.25, -0.2) is 8.42 Å². The number of nitrogens with zero attached hydrogens (tertiary/aromatic N) is 2. The first-order valence-electron chi connectivity index (χ1n) is 11.2. The number of nitrogens with one attached hydrogen (secondary N) is 1. The van der Waals surface area contributed by atoms with Gasteiger partial charge in [0, 0.05) is 44.7 Å². The lowest BCUT2D eigenvalue weighted by Gasteiger charge is -2.34. The Kier molecular flexibility index (Phi) is 7.40. The standard InChI is InChI=1S/C26H27N3O4S/c30-25(27-23-13-11-22(12-14-23)21-7-3-1-4-8-21)15-16-26(31)28-17-19-29(20-18-28)34(32,33)24-9-5-2-6-10-24/h1-14H,15-20H2,(H,27,30). The van der Waals surface area contributed by atoms with Gasteiger partial charge in [-0.15, -0.1) is 0 Å². The summed E-state index contributed by atoms with van der Waals surface area (Å²) < 4.78 is 26.8. The average molecular weight is 478 g/mol. The van der Waals surface area contributed by atoms with Crippen LogP contribution in [-0.4, -0.2) is 55.6 Å². The monoisotopic (exact) mass is 477 g/mol. The van der Waals surface area contributed by atoms with Gasteiger partial charge in [-0.3, -0.25) is 9.59 Å². The zero-order chi connectivity index (χ0) is 24.0. The highest BCUT2D eigenvalue weighted by molar-refractivity contribution is 7.89. The van der Waals surface area contributed by atoms with Crippen molar-refractivity contribution in [1.82, 2.24) is 9.21 Å². The summed E-state index contributed by atoms with van der Waals surface area (Å²) in [6, 6.07) is 25.8. The Labute approximate surface area is 200 Å². The first-order chi connectivity index (χ1) is 16.4. The molecule has 3 aromatic carbocycles. The summed E-state index contributed by atoms with van der Waals surface area (Å²) in [5.41, 5.74) is 2.83. The van der Waals surface area contributed by atoms with Crippen LogP contribution in [-0.2, 0) is 19.6 Å². The van der Waals surface area contributed by atoms with Crippen LogP contribution in [0.2, 0.25) is 0 Å². The van der Waals surface area contributed by atoms with E-state index in [0.717, 1.165) is 11.1 Å². The van der Waals surface area contributed by atoms with E-state index in [1.54, 1.807) is 35.2 Å². The van der Waals surface area contributed by atoms with Gasteiger partial charge in [0.25, 0.3) is 0 Å². The lowest BCUT2D eigenvalue weighted by molar-refractivity contribution is -0.133. The number of carbonyl (C=O) groups excluding carboxylic acids is 2. The molecule has 0 radical (unpaired) electrons. The molecule has 2 amide bonds. The Balaban J connectivity index is 1.23. The number of carbonyl (C=O) groups is 2. The Morgan fingerprint density at radius 3 is 1.88 bits per heavy atom. The van der Waals surface area contributed by atoms with Crippen molar-refractivity contribution in [3.63, 3.8) is 0 Å². The van der Waals surface area contributed by atoms with Crippen molar-refractivity contribution < 1.29 is 18.0 Å². The highest BCUT2D eigenvalue weighted by atomic mass is 32.2. The first kappa shape index (κ1) is 23.7. The molecule has 0 aliphatic carbocycles. The van der Waals surface area contributed by atoms with Crippen LogP contribution in [0.5, 0.6) is 0 Å². The SMILES string of the molecule is O=C(CCC(=O)N1CCN(S(=O)(=O)c2ccccc2)CC1)Nc1ccc(-c2ccccc2)cc1. The minimum absolute atomic E-state index is 0.0712. The van der Waals surface area contributed by atoms with E-state index in [4.69, 9.17) is 0 Å². The molecule has 0 spiro atoms. The molecule has 1 fully saturated rings. The van der Waals surface area contributed by atoms with Gasteiger partial charge in [0.1, 0.15) is 0 Å². The summed E-state index contributed by atoms with van der Waals surface area (Å²) in [6.45, 7) is 1.10. The summed E-state index contributed by atoms with van der Waals surface area (Å²) in [4.78, 5) is 26.8. The number of hydrogen-bond acceptors (Lipinski definition) is 4. The van der Waals surface area contributed by atoms with Gasteiger partial charge >= 0.3 is 0 Å². The molecule has 34 heavy (non-hydrogen) atoms. The summed E-state index contributed by atoms with van der Waals surface area (Å²) >= 11 is 0. The summed E-state index contributed by atoms with van der Waals surface area (Å²) in [6.07, 6.45) is 0.154. The Morgan fingerprint density at radius 1 is 0.706 bits per heavy atom. The topological polar surface area (TPSA) is 86.8 Å². The summed E-state index contributed by atoms with van der Waals surface area (Å²) in [7, 11) is -3.56. The maximum atomic E-state index is 12.7. The highest BCUT2D eigenvalue weighted by Gasteiger charge is 2.29. The number of amides is 2. The molecule has 7 nitrogen and oxygen atoms in total. The fourth-order valence-electron chi connectivity index (χ4n) is 3.90. The second-order valence-electron chi connectivity index (χ2n) is 8.09. The minimum Gasteiger partial charge on any atom is -0.340 e. The average Bonchev–Trinajstić information content (AvgIpc) is 2.89. The highest BCUT2D eigenvalue weighted by Crippen LogP contribution is 2.21. The van der Waals surface area contributed by atoms with Crippen molar-refractivity contribution >= 4 is 27.5 Å². The molecule has 176 valence electrons. The predicted molar refractivity (Wildman–Crippen MR) is 132 cm³/mol. The quantitative estimate of drug-likeness (QED) is 0.563. The summed E-state index contributed by atoms with van der Waals surface area (Å²) in [5, 5.41) is 2.83. The molecule has 1 N–H and O–H groups in total. The van der Waals surface area contributed by atoms with Gasteiger partial charge in [-0.2, -0.15) is 4.31 Å².